The Bertz CT molecular complexity index is 562. The zero-order chi connectivity index (χ0) is 12.4. The van der Waals surface area contributed by atoms with Crippen LogP contribution in [0.4, 0.5) is 4.39 Å². The summed E-state index contributed by atoms with van der Waals surface area (Å²) in [4.78, 5) is 11.1. The van der Waals surface area contributed by atoms with Crippen LogP contribution < -0.4 is 0 Å². The number of rotatable bonds is 3. The lowest BCUT2D eigenvalue weighted by molar-refractivity contribution is 0.101. The lowest BCUT2D eigenvalue weighted by Gasteiger charge is -2.04. The van der Waals surface area contributed by atoms with Crippen LogP contribution in [0.25, 0.3) is 0 Å². The molecule has 1 aromatic heterocycles. The molecule has 0 amide bonds. The van der Waals surface area contributed by atoms with Crippen LogP contribution in [-0.4, -0.2) is 10.4 Å². The van der Waals surface area contributed by atoms with Gasteiger partial charge >= 0.3 is 0 Å². The largest absolute Gasteiger partial charge is 0.349 e. The fourth-order valence-electron chi connectivity index (χ4n) is 1.60. The maximum Gasteiger partial charge on any atom is 0.161 e. The second-order valence-corrected chi connectivity index (χ2v) is 4.28. The molecule has 0 aliphatic carbocycles. The van der Waals surface area contributed by atoms with E-state index < -0.39 is 5.82 Å². The minimum absolute atomic E-state index is 0.0195. The lowest BCUT2D eigenvalue weighted by Crippen LogP contribution is -1.97. The topological polar surface area (TPSA) is 22.0 Å². The molecule has 0 radical (unpaired) electrons. The summed E-state index contributed by atoms with van der Waals surface area (Å²) < 4.78 is 15.1. The van der Waals surface area contributed by atoms with E-state index in [-0.39, 0.29) is 10.8 Å². The third kappa shape index (κ3) is 2.74. The third-order valence-electron chi connectivity index (χ3n) is 2.51. The molecule has 2 nitrogen and oxygen atoms in total. The van der Waals surface area contributed by atoms with Crippen LogP contribution in [-0.2, 0) is 6.54 Å². The zero-order valence-corrected chi connectivity index (χ0v) is 10.0. The molecule has 0 saturated heterocycles. The van der Waals surface area contributed by atoms with E-state index >= 15 is 0 Å². The van der Waals surface area contributed by atoms with Gasteiger partial charge in [-0.2, -0.15) is 0 Å². The molecule has 0 unspecified atom stereocenters. The van der Waals surface area contributed by atoms with E-state index in [1.807, 2.05) is 4.57 Å². The van der Waals surface area contributed by atoms with Gasteiger partial charge in [0.25, 0.3) is 0 Å². The summed E-state index contributed by atoms with van der Waals surface area (Å²) in [7, 11) is 0. The first-order chi connectivity index (χ1) is 8.06. The average Bonchev–Trinajstić information content (AvgIpc) is 2.72. The van der Waals surface area contributed by atoms with Crippen LogP contribution in [0.2, 0.25) is 5.02 Å². The number of aromatic nitrogens is 1. The minimum atomic E-state index is -0.428. The minimum Gasteiger partial charge on any atom is -0.349 e. The van der Waals surface area contributed by atoms with Crippen LogP contribution in [0.3, 0.4) is 0 Å². The molecule has 4 heteroatoms. The summed E-state index contributed by atoms with van der Waals surface area (Å²) in [6.07, 6.45) is 3.54. The van der Waals surface area contributed by atoms with Crippen molar-refractivity contribution in [3.8, 4) is 0 Å². The van der Waals surface area contributed by atoms with E-state index in [0.29, 0.717) is 12.1 Å². The van der Waals surface area contributed by atoms with Crippen LogP contribution in [0.1, 0.15) is 22.8 Å². The van der Waals surface area contributed by atoms with Gasteiger partial charge in [0.2, 0.25) is 0 Å². The van der Waals surface area contributed by atoms with Gasteiger partial charge in [0.05, 0.1) is 5.02 Å². The molecule has 0 saturated carbocycles. The fourth-order valence-corrected chi connectivity index (χ4v) is 1.71. The Kier molecular flexibility index (Phi) is 3.29. The Labute approximate surface area is 104 Å². The first-order valence-electron chi connectivity index (χ1n) is 5.17. The highest BCUT2D eigenvalue weighted by molar-refractivity contribution is 6.30. The molecule has 0 N–H and O–H groups in total. The highest BCUT2D eigenvalue weighted by Crippen LogP contribution is 2.16. The number of nitrogens with zero attached hydrogens (tertiary/aromatic N) is 1. The van der Waals surface area contributed by atoms with E-state index in [4.69, 9.17) is 11.6 Å². The molecule has 88 valence electrons. The number of hydrogen-bond donors (Lipinski definition) is 0. The van der Waals surface area contributed by atoms with Crippen LogP contribution in [0.15, 0.2) is 36.7 Å². The van der Waals surface area contributed by atoms with Crippen molar-refractivity contribution in [2.75, 3.05) is 0 Å². The summed E-state index contributed by atoms with van der Waals surface area (Å²) in [6, 6.07) is 6.44. The Hall–Kier alpha value is -1.61. The molecule has 17 heavy (non-hydrogen) atoms. The van der Waals surface area contributed by atoms with E-state index in [2.05, 4.69) is 0 Å². The third-order valence-corrected chi connectivity index (χ3v) is 2.81. The molecular formula is C13H11ClFNO. The molecule has 0 atom stereocenters. The van der Waals surface area contributed by atoms with Gasteiger partial charge in [-0.05, 0) is 30.7 Å². The highest BCUT2D eigenvalue weighted by Gasteiger charge is 2.04. The standard InChI is InChI=1S/C13H11ClFNO/c1-9(17)11-4-5-16(8-11)7-10-2-3-12(14)13(15)6-10/h2-6,8H,7H2,1H3. The molecule has 0 aliphatic rings. The SMILES string of the molecule is CC(=O)c1ccn(Cc2ccc(Cl)c(F)c2)c1. The van der Waals surface area contributed by atoms with Crippen molar-refractivity contribution in [2.24, 2.45) is 0 Å². The van der Waals surface area contributed by atoms with Gasteiger partial charge in [-0.25, -0.2) is 4.39 Å². The van der Waals surface area contributed by atoms with Gasteiger partial charge in [-0.15, -0.1) is 0 Å². The van der Waals surface area contributed by atoms with Crippen molar-refractivity contribution in [1.82, 2.24) is 4.57 Å². The zero-order valence-electron chi connectivity index (χ0n) is 9.28. The molecule has 0 bridgehead atoms. The van der Waals surface area contributed by atoms with Gasteiger partial charge < -0.3 is 4.57 Å². The second-order valence-electron chi connectivity index (χ2n) is 3.88. The maximum atomic E-state index is 13.2. The Morgan fingerprint density at radius 3 is 2.76 bits per heavy atom. The number of halogens is 2. The summed E-state index contributed by atoms with van der Waals surface area (Å²) >= 11 is 5.60. The van der Waals surface area contributed by atoms with Gasteiger partial charge in [-0.1, -0.05) is 17.7 Å². The number of benzene rings is 1. The number of hydrogen-bond acceptors (Lipinski definition) is 1. The molecule has 1 aromatic carbocycles. The predicted molar refractivity (Wildman–Crippen MR) is 64.9 cm³/mol. The van der Waals surface area contributed by atoms with E-state index in [1.165, 1.54) is 19.1 Å². The number of Topliss-reactive ketones (excluding diaryl/α,β-unsaturated/α-hetero) is 1. The van der Waals surface area contributed by atoms with Crippen molar-refractivity contribution in [2.45, 2.75) is 13.5 Å². The van der Waals surface area contributed by atoms with Crippen molar-refractivity contribution in [3.63, 3.8) is 0 Å². The van der Waals surface area contributed by atoms with Gasteiger partial charge in [0.15, 0.2) is 5.78 Å². The molecule has 2 rings (SSSR count). The van der Waals surface area contributed by atoms with Gasteiger partial charge in [0.1, 0.15) is 5.82 Å². The van der Waals surface area contributed by atoms with Crippen molar-refractivity contribution in [3.05, 3.63) is 58.6 Å². The second kappa shape index (κ2) is 4.72. The first-order valence-corrected chi connectivity index (χ1v) is 5.54. The van der Waals surface area contributed by atoms with Gasteiger partial charge in [0, 0.05) is 24.5 Å². The molecule has 0 spiro atoms. The van der Waals surface area contributed by atoms with Crippen LogP contribution in [0, 0.1) is 5.82 Å². The monoisotopic (exact) mass is 251 g/mol. The highest BCUT2D eigenvalue weighted by atomic mass is 35.5. The average molecular weight is 252 g/mol. The number of ketones is 1. The molecule has 0 fully saturated rings. The van der Waals surface area contributed by atoms with E-state index in [9.17, 15) is 9.18 Å². The Balaban J connectivity index is 2.19. The van der Waals surface area contributed by atoms with E-state index in [0.717, 1.165) is 5.56 Å². The summed E-state index contributed by atoms with van der Waals surface area (Å²) in [5.74, 6) is -0.408. The van der Waals surface area contributed by atoms with Crippen LogP contribution >= 0.6 is 11.6 Å². The quantitative estimate of drug-likeness (QED) is 0.765. The van der Waals surface area contributed by atoms with E-state index in [1.54, 1.807) is 24.5 Å². The molecular weight excluding hydrogens is 241 g/mol. The fraction of sp³-hybridized carbons (Fsp3) is 0.154. The van der Waals surface area contributed by atoms with Gasteiger partial charge in [-0.3, -0.25) is 4.79 Å². The molecule has 0 aliphatic heterocycles. The van der Waals surface area contributed by atoms with Crippen molar-refractivity contribution < 1.29 is 9.18 Å². The van der Waals surface area contributed by atoms with Crippen molar-refractivity contribution in [1.29, 1.82) is 0 Å². The normalized spacial score (nSPS) is 10.5. The summed E-state index contributed by atoms with van der Waals surface area (Å²) in [5, 5.41) is 0.116. The summed E-state index contributed by atoms with van der Waals surface area (Å²) in [6.45, 7) is 2.03. The van der Waals surface area contributed by atoms with Crippen molar-refractivity contribution >= 4 is 17.4 Å². The molecule has 1 heterocycles. The Morgan fingerprint density at radius 1 is 1.41 bits per heavy atom. The molecule has 2 aromatic rings. The number of carbonyl (C=O) groups is 1. The maximum absolute atomic E-state index is 13.2. The smallest absolute Gasteiger partial charge is 0.161 e. The lowest BCUT2D eigenvalue weighted by atomic mass is 10.2. The Morgan fingerprint density at radius 2 is 2.18 bits per heavy atom. The summed E-state index contributed by atoms with van der Waals surface area (Å²) in [5.41, 5.74) is 1.46. The predicted octanol–water partition coefficient (Wildman–Crippen LogP) is 3.53. The van der Waals surface area contributed by atoms with Crippen LogP contribution in [0.5, 0.6) is 0 Å². The first kappa shape index (κ1) is 11.9. The number of carbonyl (C=O) groups excluding carboxylic acids is 1.